The molecule has 0 saturated carbocycles. The Labute approximate surface area is 142 Å². The van der Waals surface area contributed by atoms with E-state index in [1.165, 1.54) is 17.0 Å². The normalized spacial score (nSPS) is 19.6. The third kappa shape index (κ3) is 5.06. The average molecular weight is 343 g/mol. The second-order valence-electron chi connectivity index (χ2n) is 6.19. The summed E-state index contributed by atoms with van der Waals surface area (Å²) in [6.07, 6.45) is 0. The molecule has 23 heavy (non-hydrogen) atoms. The Hall–Kier alpha value is -1.37. The zero-order chi connectivity index (χ0) is 17.0. The number of urea groups is 1. The molecule has 2 rings (SSSR count). The summed E-state index contributed by atoms with van der Waals surface area (Å²) in [5.41, 5.74) is 0.707. The van der Waals surface area contributed by atoms with Crippen LogP contribution in [0.25, 0.3) is 0 Å². The number of carbonyl (C=O) groups is 1. The number of carbonyl (C=O) groups excluding carboxylic acids is 1. The lowest BCUT2D eigenvalue weighted by Crippen LogP contribution is -2.55. The van der Waals surface area contributed by atoms with Crippen molar-refractivity contribution in [3.8, 4) is 0 Å². The van der Waals surface area contributed by atoms with Crippen molar-refractivity contribution in [3.05, 3.63) is 34.6 Å². The molecular weight excluding hydrogens is 319 g/mol. The predicted molar refractivity (Wildman–Crippen MR) is 90.2 cm³/mol. The Morgan fingerprint density at radius 1 is 1.43 bits per heavy atom. The lowest BCUT2D eigenvalue weighted by atomic mass is 10.2. The summed E-state index contributed by atoms with van der Waals surface area (Å²) in [7, 11) is 5.85. The quantitative estimate of drug-likeness (QED) is 0.908. The number of piperazine rings is 1. The van der Waals surface area contributed by atoms with E-state index in [2.05, 4.69) is 29.2 Å². The minimum atomic E-state index is -0.468. The monoisotopic (exact) mass is 342 g/mol. The van der Waals surface area contributed by atoms with E-state index < -0.39 is 5.82 Å². The van der Waals surface area contributed by atoms with Gasteiger partial charge in [0, 0.05) is 45.8 Å². The smallest absolute Gasteiger partial charge is 0.317 e. The van der Waals surface area contributed by atoms with Crippen molar-refractivity contribution in [1.29, 1.82) is 0 Å². The average Bonchev–Trinajstić information content (AvgIpc) is 2.51. The standard InChI is InChI=1S/C16H24ClFN4O/c1-20-6-7-21(2)13(11-20)9-19-16(23)22(3)10-12-4-5-14(17)15(18)8-12/h4-5,8,13H,6-7,9-11H2,1-3H3,(H,19,23)/t13-/m0/s1. The van der Waals surface area contributed by atoms with Crippen LogP contribution in [0.2, 0.25) is 5.02 Å². The Bertz CT molecular complexity index is 557. The first kappa shape index (κ1) is 18.0. The number of amides is 2. The van der Waals surface area contributed by atoms with E-state index in [0.717, 1.165) is 19.6 Å². The zero-order valence-electron chi connectivity index (χ0n) is 13.9. The van der Waals surface area contributed by atoms with Gasteiger partial charge in [0.15, 0.2) is 0 Å². The van der Waals surface area contributed by atoms with Crippen molar-refractivity contribution in [1.82, 2.24) is 20.0 Å². The Morgan fingerprint density at radius 3 is 2.87 bits per heavy atom. The molecule has 1 heterocycles. The molecule has 1 N–H and O–H groups in total. The lowest BCUT2D eigenvalue weighted by Gasteiger charge is -2.37. The van der Waals surface area contributed by atoms with Crippen LogP contribution in [0.3, 0.4) is 0 Å². The maximum Gasteiger partial charge on any atom is 0.317 e. The van der Waals surface area contributed by atoms with E-state index >= 15 is 0 Å². The highest BCUT2D eigenvalue weighted by atomic mass is 35.5. The number of nitrogens with one attached hydrogen (secondary N) is 1. The fourth-order valence-electron chi connectivity index (χ4n) is 2.65. The molecule has 0 aliphatic carbocycles. The van der Waals surface area contributed by atoms with Gasteiger partial charge in [-0.2, -0.15) is 0 Å². The highest BCUT2D eigenvalue weighted by molar-refractivity contribution is 6.30. The Balaban J connectivity index is 1.83. The van der Waals surface area contributed by atoms with Gasteiger partial charge in [0.2, 0.25) is 0 Å². The van der Waals surface area contributed by atoms with E-state index in [9.17, 15) is 9.18 Å². The molecular formula is C16H24ClFN4O. The van der Waals surface area contributed by atoms with Gasteiger partial charge in [-0.05, 0) is 31.8 Å². The van der Waals surface area contributed by atoms with Gasteiger partial charge < -0.3 is 15.1 Å². The van der Waals surface area contributed by atoms with Crippen LogP contribution in [-0.2, 0) is 6.54 Å². The van der Waals surface area contributed by atoms with Crippen LogP contribution in [0.1, 0.15) is 5.56 Å². The van der Waals surface area contributed by atoms with Crippen LogP contribution in [0, 0.1) is 5.82 Å². The van der Waals surface area contributed by atoms with E-state index in [1.54, 1.807) is 13.1 Å². The van der Waals surface area contributed by atoms with Crippen molar-refractivity contribution in [2.45, 2.75) is 12.6 Å². The molecule has 1 aromatic rings. The Morgan fingerprint density at radius 2 is 2.17 bits per heavy atom. The van der Waals surface area contributed by atoms with Gasteiger partial charge >= 0.3 is 6.03 Å². The maximum atomic E-state index is 13.4. The molecule has 1 atom stereocenters. The van der Waals surface area contributed by atoms with Gasteiger partial charge in [0.05, 0.1) is 5.02 Å². The summed E-state index contributed by atoms with van der Waals surface area (Å²) in [5.74, 6) is -0.468. The Kier molecular flexibility index (Phi) is 6.21. The first-order valence-electron chi connectivity index (χ1n) is 7.68. The van der Waals surface area contributed by atoms with Crippen LogP contribution in [0.4, 0.5) is 9.18 Å². The third-order valence-corrected chi connectivity index (χ3v) is 4.53. The van der Waals surface area contributed by atoms with Gasteiger partial charge in [-0.1, -0.05) is 17.7 Å². The molecule has 0 spiro atoms. The number of benzene rings is 1. The molecule has 128 valence electrons. The minimum absolute atomic E-state index is 0.0883. The molecule has 0 radical (unpaired) electrons. The molecule has 7 heteroatoms. The summed E-state index contributed by atoms with van der Waals surface area (Å²) in [4.78, 5) is 18.2. The van der Waals surface area contributed by atoms with Gasteiger partial charge in [-0.3, -0.25) is 4.90 Å². The van der Waals surface area contributed by atoms with Gasteiger partial charge in [-0.25, -0.2) is 9.18 Å². The number of likely N-dealkylation sites (N-methyl/N-ethyl adjacent to an activating group) is 2. The molecule has 0 bridgehead atoms. The lowest BCUT2D eigenvalue weighted by molar-refractivity contribution is 0.113. The van der Waals surface area contributed by atoms with Crippen molar-refractivity contribution in [2.24, 2.45) is 0 Å². The van der Waals surface area contributed by atoms with E-state index in [0.29, 0.717) is 24.7 Å². The molecule has 0 unspecified atom stereocenters. The van der Waals surface area contributed by atoms with Gasteiger partial charge in [-0.15, -0.1) is 0 Å². The molecule has 1 aliphatic heterocycles. The largest absolute Gasteiger partial charge is 0.336 e. The van der Waals surface area contributed by atoms with Crippen molar-refractivity contribution in [3.63, 3.8) is 0 Å². The molecule has 0 aromatic heterocycles. The number of hydrogen-bond donors (Lipinski definition) is 1. The SMILES string of the molecule is CN1CCN(C)[C@@H](CNC(=O)N(C)Cc2ccc(Cl)c(F)c2)C1. The van der Waals surface area contributed by atoms with Crippen molar-refractivity contribution < 1.29 is 9.18 Å². The highest BCUT2D eigenvalue weighted by Gasteiger charge is 2.23. The van der Waals surface area contributed by atoms with Crippen LogP contribution >= 0.6 is 11.6 Å². The maximum absolute atomic E-state index is 13.4. The fourth-order valence-corrected chi connectivity index (χ4v) is 2.76. The van der Waals surface area contributed by atoms with Crippen LogP contribution in [-0.4, -0.2) is 74.1 Å². The molecule has 2 amide bonds. The number of halogens is 2. The second kappa shape index (κ2) is 7.95. The molecule has 1 saturated heterocycles. The highest BCUT2D eigenvalue weighted by Crippen LogP contribution is 2.16. The third-order valence-electron chi connectivity index (χ3n) is 4.22. The number of nitrogens with zero attached hydrogens (tertiary/aromatic N) is 3. The zero-order valence-corrected chi connectivity index (χ0v) is 14.6. The molecule has 5 nitrogen and oxygen atoms in total. The summed E-state index contributed by atoms with van der Waals surface area (Å²) in [6, 6.07) is 4.72. The van der Waals surface area contributed by atoms with Crippen LogP contribution in [0.15, 0.2) is 18.2 Å². The van der Waals surface area contributed by atoms with E-state index in [-0.39, 0.29) is 11.1 Å². The summed E-state index contributed by atoms with van der Waals surface area (Å²) >= 11 is 5.66. The second-order valence-corrected chi connectivity index (χ2v) is 6.59. The number of hydrogen-bond acceptors (Lipinski definition) is 3. The minimum Gasteiger partial charge on any atom is -0.336 e. The van der Waals surface area contributed by atoms with Gasteiger partial charge in [0.1, 0.15) is 5.82 Å². The summed E-state index contributed by atoms with van der Waals surface area (Å²) in [6.45, 7) is 3.90. The molecule has 1 fully saturated rings. The molecule has 1 aliphatic rings. The summed E-state index contributed by atoms with van der Waals surface area (Å²) in [5, 5.41) is 3.04. The fraction of sp³-hybridized carbons (Fsp3) is 0.562. The predicted octanol–water partition coefficient (Wildman–Crippen LogP) is 1.87. The van der Waals surface area contributed by atoms with Crippen molar-refractivity contribution in [2.75, 3.05) is 47.3 Å². The molecule has 1 aromatic carbocycles. The first-order chi connectivity index (χ1) is 10.9. The topological polar surface area (TPSA) is 38.8 Å². The van der Waals surface area contributed by atoms with Crippen LogP contribution < -0.4 is 5.32 Å². The van der Waals surface area contributed by atoms with Crippen LogP contribution in [0.5, 0.6) is 0 Å². The van der Waals surface area contributed by atoms with Crippen molar-refractivity contribution >= 4 is 17.6 Å². The number of rotatable bonds is 4. The van der Waals surface area contributed by atoms with Gasteiger partial charge in [0.25, 0.3) is 0 Å². The van der Waals surface area contributed by atoms with E-state index in [4.69, 9.17) is 11.6 Å². The van der Waals surface area contributed by atoms with E-state index in [1.807, 2.05) is 0 Å². The first-order valence-corrected chi connectivity index (χ1v) is 8.06. The summed E-state index contributed by atoms with van der Waals surface area (Å²) < 4.78 is 13.4.